The molecule has 0 bridgehead atoms. The first-order valence-electron chi connectivity index (χ1n) is 15.8. The molecule has 1 unspecified atom stereocenters. The normalized spacial score (nSPS) is 18.4. The molecule has 1 atom stereocenters. The molecule has 1 aliphatic carbocycles. The molecule has 3 rings (SSSR count). The van der Waals surface area contributed by atoms with Crippen molar-refractivity contribution < 1.29 is 22.7 Å². The highest BCUT2D eigenvalue weighted by Gasteiger charge is 2.38. The molecule has 2 aromatic carbocycles. The predicted octanol–water partition coefficient (Wildman–Crippen LogP) is 11.2. The molecule has 0 radical (unpaired) electrons. The third kappa shape index (κ3) is 10.9. The van der Waals surface area contributed by atoms with Gasteiger partial charge in [0.25, 0.3) is 0 Å². The lowest BCUT2D eigenvalue weighted by Crippen LogP contribution is -2.23. The molecule has 1 saturated carbocycles. The number of alkyl halides is 3. The quantitative estimate of drug-likeness (QED) is 0.116. The summed E-state index contributed by atoms with van der Waals surface area (Å²) in [6.07, 6.45) is 12.4. The highest BCUT2D eigenvalue weighted by Crippen LogP contribution is 2.38. The molecule has 5 heteroatoms. The number of carbonyl (C=O) groups is 1. The van der Waals surface area contributed by atoms with Gasteiger partial charge >= 0.3 is 12.1 Å². The van der Waals surface area contributed by atoms with Crippen molar-refractivity contribution in [1.29, 1.82) is 0 Å². The fraction of sp³-hybridized carbons (Fsp3) is 0.629. The Hall–Kier alpha value is -2.30. The van der Waals surface area contributed by atoms with Gasteiger partial charge in [-0.2, -0.15) is 13.2 Å². The zero-order chi connectivity index (χ0) is 28.8. The maximum Gasteiger partial charge on any atom is 0.391 e. The second-order valence-electron chi connectivity index (χ2n) is 11.8. The zero-order valence-electron chi connectivity index (χ0n) is 24.6. The van der Waals surface area contributed by atoms with E-state index in [1.807, 2.05) is 19.1 Å². The van der Waals surface area contributed by atoms with Crippen molar-refractivity contribution in [3.63, 3.8) is 0 Å². The minimum absolute atomic E-state index is 0.0791. The van der Waals surface area contributed by atoms with Gasteiger partial charge in [0.2, 0.25) is 0 Å². The van der Waals surface area contributed by atoms with E-state index in [1.165, 1.54) is 76.2 Å². The van der Waals surface area contributed by atoms with E-state index in [2.05, 4.69) is 19.1 Å². The fourth-order valence-corrected chi connectivity index (χ4v) is 6.04. The summed E-state index contributed by atoms with van der Waals surface area (Å²) < 4.78 is 45.4. The van der Waals surface area contributed by atoms with Crippen molar-refractivity contribution in [2.45, 2.75) is 129 Å². The first kappa shape index (κ1) is 32.2. The minimum Gasteiger partial charge on any atom is -0.423 e. The van der Waals surface area contributed by atoms with Crippen LogP contribution in [0.15, 0.2) is 48.5 Å². The Balaban J connectivity index is 1.41. The van der Waals surface area contributed by atoms with Gasteiger partial charge < -0.3 is 4.74 Å². The van der Waals surface area contributed by atoms with Gasteiger partial charge in [-0.05, 0) is 92.2 Å². The largest absolute Gasteiger partial charge is 0.423 e. The molecule has 0 saturated heterocycles. The van der Waals surface area contributed by atoms with Gasteiger partial charge in [-0.15, -0.1) is 0 Å². The maximum absolute atomic E-state index is 13.3. The standard InChI is InChI=1S/C35H49F3O2/c1-3-5-7-8-9-10-11-27-13-18-29(19-14-27)30-20-22-31(23-21-30)34(39)40-33-25-16-28(17-26-33)15-24-32(12-6-4-2)35(36,37)38/h16-17,20-23,25-27,29,32H,3-15,18-19,24H2,1-2H3. The predicted molar refractivity (Wildman–Crippen MR) is 158 cm³/mol. The average Bonchev–Trinajstić information content (AvgIpc) is 2.95. The molecule has 0 aromatic heterocycles. The van der Waals surface area contributed by atoms with Crippen LogP contribution in [0, 0.1) is 11.8 Å². The summed E-state index contributed by atoms with van der Waals surface area (Å²) in [4.78, 5) is 12.7. The second kappa shape index (κ2) is 16.8. The Morgan fingerprint density at radius 2 is 1.43 bits per heavy atom. The molecule has 40 heavy (non-hydrogen) atoms. The molecule has 0 aliphatic heterocycles. The number of benzene rings is 2. The number of aryl methyl sites for hydroxylation is 1. The summed E-state index contributed by atoms with van der Waals surface area (Å²) >= 11 is 0. The molecule has 0 heterocycles. The van der Waals surface area contributed by atoms with Gasteiger partial charge in [0.1, 0.15) is 5.75 Å². The van der Waals surface area contributed by atoms with E-state index < -0.39 is 18.1 Å². The Bertz CT molecular complexity index is 973. The average molecular weight is 559 g/mol. The number of unbranched alkanes of at least 4 members (excludes halogenated alkanes) is 6. The number of ether oxygens (including phenoxy) is 1. The van der Waals surface area contributed by atoms with Crippen LogP contribution in [-0.4, -0.2) is 12.1 Å². The van der Waals surface area contributed by atoms with Crippen molar-refractivity contribution in [3.05, 3.63) is 65.2 Å². The first-order chi connectivity index (χ1) is 19.3. The van der Waals surface area contributed by atoms with Crippen LogP contribution in [0.2, 0.25) is 0 Å². The lowest BCUT2D eigenvalue weighted by atomic mass is 9.77. The van der Waals surface area contributed by atoms with Crippen molar-refractivity contribution in [1.82, 2.24) is 0 Å². The molecule has 0 amide bonds. The highest BCUT2D eigenvalue weighted by atomic mass is 19.4. The van der Waals surface area contributed by atoms with E-state index in [0.29, 0.717) is 30.1 Å². The van der Waals surface area contributed by atoms with Crippen LogP contribution in [0.3, 0.4) is 0 Å². The van der Waals surface area contributed by atoms with Gasteiger partial charge in [0, 0.05) is 0 Å². The number of carbonyl (C=O) groups excluding carboxylic acids is 1. The third-order valence-corrected chi connectivity index (χ3v) is 8.71. The van der Waals surface area contributed by atoms with Crippen molar-refractivity contribution in [3.8, 4) is 5.75 Å². The van der Waals surface area contributed by atoms with Gasteiger partial charge in [0.15, 0.2) is 0 Å². The highest BCUT2D eigenvalue weighted by molar-refractivity contribution is 5.91. The van der Waals surface area contributed by atoms with E-state index in [9.17, 15) is 18.0 Å². The number of rotatable bonds is 16. The summed E-state index contributed by atoms with van der Waals surface area (Å²) in [7, 11) is 0. The molecule has 1 fully saturated rings. The molecule has 0 N–H and O–H groups in total. The topological polar surface area (TPSA) is 26.3 Å². The van der Waals surface area contributed by atoms with E-state index in [1.54, 1.807) is 24.3 Å². The first-order valence-corrected chi connectivity index (χ1v) is 15.8. The molecule has 2 aromatic rings. The molecular weight excluding hydrogens is 509 g/mol. The fourth-order valence-electron chi connectivity index (χ4n) is 6.04. The van der Waals surface area contributed by atoms with Crippen LogP contribution >= 0.6 is 0 Å². The number of halogens is 3. The Morgan fingerprint density at radius 1 is 0.800 bits per heavy atom. The second-order valence-corrected chi connectivity index (χ2v) is 11.8. The van der Waals surface area contributed by atoms with Crippen LogP contribution < -0.4 is 4.74 Å². The molecule has 2 nitrogen and oxygen atoms in total. The lowest BCUT2D eigenvalue weighted by Gasteiger charge is -2.29. The van der Waals surface area contributed by atoms with Crippen LogP contribution in [0.25, 0.3) is 0 Å². The molecule has 222 valence electrons. The Morgan fingerprint density at radius 3 is 2.05 bits per heavy atom. The Kier molecular flexibility index (Phi) is 13.6. The Labute approximate surface area is 240 Å². The van der Waals surface area contributed by atoms with E-state index in [-0.39, 0.29) is 12.8 Å². The van der Waals surface area contributed by atoms with E-state index in [4.69, 9.17) is 4.74 Å². The summed E-state index contributed by atoms with van der Waals surface area (Å²) in [6.45, 7) is 4.17. The van der Waals surface area contributed by atoms with E-state index >= 15 is 0 Å². The van der Waals surface area contributed by atoms with Crippen molar-refractivity contribution in [2.75, 3.05) is 0 Å². The zero-order valence-corrected chi connectivity index (χ0v) is 24.6. The smallest absolute Gasteiger partial charge is 0.391 e. The van der Waals surface area contributed by atoms with Crippen LogP contribution in [0.1, 0.15) is 138 Å². The number of hydrogen-bond donors (Lipinski definition) is 0. The van der Waals surface area contributed by atoms with Crippen LogP contribution in [0.5, 0.6) is 5.75 Å². The van der Waals surface area contributed by atoms with Gasteiger partial charge in [-0.25, -0.2) is 4.79 Å². The maximum atomic E-state index is 13.3. The van der Waals surface area contributed by atoms with Gasteiger partial charge in [-0.1, -0.05) is 95.9 Å². The summed E-state index contributed by atoms with van der Waals surface area (Å²) in [5.74, 6) is 0.152. The summed E-state index contributed by atoms with van der Waals surface area (Å²) in [6, 6.07) is 14.7. The third-order valence-electron chi connectivity index (χ3n) is 8.71. The van der Waals surface area contributed by atoms with Crippen molar-refractivity contribution >= 4 is 5.97 Å². The number of esters is 1. The summed E-state index contributed by atoms with van der Waals surface area (Å²) in [5.41, 5.74) is 2.63. The van der Waals surface area contributed by atoms with E-state index in [0.717, 1.165) is 17.9 Å². The number of hydrogen-bond acceptors (Lipinski definition) is 2. The van der Waals surface area contributed by atoms with Crippen LogP contribution in [-0.2, 0) is 6.42 Å². The monoisotopic (exact) mass is 558 g/mol. The van der Waals surface area contributed by atoms with Crippen molar-refractivity contribution in [2.24, 2.45) is 11.8 Å². The lowest BCUT2D eigenvalue weighted by molar-refractivity contribution is -0.178. The molecular formula is C35H49F3O2. The minimum atomic E-state index is -4.16. The van der Waals surface area contributed by atoms with Gasteiger partial charge in [-0.3, -0.25) is 0 Å². The SMILES string of the molecule is CCCCCCCCC1CCC(c2ccc(C(=O)Oc3ccc(CCC(CCCC)C(F)(F)F)cc3)cc2)CC1. The van der Waals surface area contributed by atoms with Gasteiger partial charge in [0.05, 0.1) is 11.5 Å². The molecule has 0 spiro atoms. The molecule has 1 aliphatic rings. The summed E-state index contributed by atoms with van der Waals surface area (Å²) in [5, 5.41) is 0. The van der Waals surface area contributed by atoms with Crippen LogP contribution in [0.4, 0.5) is 13.2 Å².